The van der Waals surface area contributed by atoms with E-state index in [1.807, 2.05) is 48.2 Å². The van der Waals surface area contributed by atoms with E-state index in [-0.39, 0.29) is 11.7 Å². The monoisotopic (exact) mass is 412 g/mol. The maximum atomic E-state index is 13.0. The van der Waals surface area contributed by atoms with Gasteiger partial charge >= 0.3 is 0 Å². The summed E-state index contributed by atoms with van der Waals surface area (Å²) in [5, 5.41) is 0. The Morgan fingerprint density at radius 1 is 1.07 bits per heavy atom. The minimum absolute atomic E-state index is 0.172. The van der Waals surface area contributed by atoms with Crippen LogP contribution in [-0.2, 0) is 17.8 Å². The largest absolute Gasteiger partial charge is 0.344 e. The van der Waals surface area contributed by atoms with Gasteiger partial charge in [-0.05, 0) is 80.7 Å². The molecule has 5 nitrogen and oxygen atoms in total. The quantitative estimate of drug-likeness (QED) is 0.635. The van der Waals surface area contributed by atoms with Crippen molar-refractivity contribution < 1.29 is 9.18 Å². The Morgan fingerprint density at radius 2 is 1.73 bits per heavy atom. The lowest BCUT2D eigenvalue weighted by Crippen LogP contribution is -2.42. The fourth-order valence-electron chi connectivity index (χ4n) is 4.03. The standard InChI is InChI=1S/C24H33FN4O/c1-27(17-21-7-12-26-13-8-21)19-24(30)28(2)18-22-10-15-29(16-11-22)14-9-20-3-5-23(25)6-4-20/h3-8,12-13,22H,9-11,14-19H2,1-2H3. The van der Waals surface area contributed by atoms with E-state index in [1.54, 1.807) is 12.4 Å². The van der Waals surface area contributed by atoms with Gasteiger partial charge in [-0.25, -0.2) is 4.39 Å². The molecule has 6 heteroatoms. The van der Waals surface area contributed by atoms with Crippen molar-refractivity contribution in [2.24, 2.45) is 5.92 Å². The molecule has 0 aliphatic carbocycles. The van der Waals surface area contributed by atoms with Gasteiger partial charge in [-0.15, -0.1) is 0 Å². The van der Waals surface area contributed by atoms with Crippen LogP contribution >= 0.6 is 0 Å². The molecule has 0 N–H and O–H groups in total. The van der Waals surface area contributed by atoms with Crippen LogP contribution in [0.3, 0.4) is 0 Å². The zero-order chi connectivity index (χ0) is 21.3. The van der Waals surface area contributed by atoms with E-state index in [0.717, 1.165) is 57.5 Å². The van der Waals surface area contributed by atoms with Gasteiger partial charge < -0.3 is 9.80 Å². The summed E-state index contributed by atoms with van der Waals surface area (Å²) in [5.74, 6) is 0.554. The number of pyridine rings is 1. The van der Waals surface area contributed by atoms with Gasteiger partial charge in [0.2, 0.25) is 5.91 Å². The number of carbonyl (C=O) groups excluding carboxylic acids is 1. The Hall–Kier alpha value is -2.31. The third-order valence-electron chi connectivity index (χ3n) is 5.90. The van der Waals surface area contributed by atoms with E-state index in [4.69, 9.17) is 0 Å². The fourth-order valence-corrected chi connectivity index (χ4v) is 4.03. The minimum Gasteiger partial charge on any atom is -0.344 e. The van der Waals surface area contributed by atoms with Gasteiger partial charge in [0.1, 0.15) is 5.82 Å². The van der Waals surface area contributed by atoms with Gasteiger partial charge in [0.05, 0.1) is 6.54 Å². The molecule has 0 radical (unpaired) electrons. The van der Waals surface area contributed by atoms with Gasteiger partial charge in [-0.2, -0.15) is 0 Å². The van der Waals surface area contributed by atoms with Crippen LogP contribution in [0.2, 0.25) is 0 Å². The highest BCUT2D eigenvalue weighted by molar-refractivity contribution is 5.77. The molecular formula is C24H33FN4O. The molecule has 0 bridgehead atoms. The Kier molecular flexibility index (Phi) is 8.34. The van der Waals surface area contributed by atoms with Crippen molar-refractivity contribution in [3.8, 4) is 0 Å². The highest BCUT2D eigenvalue weighted by Crippen LogP contribution is 2.19. The average molecular weight is 413 g/mol. The lowest BCUT2D eigenvalue weighted by atomic mass is 9.96. The Morgan fingerprint density at radius 3 is 2.40 bits per heavy atom. The summed E-state index contributed by atoms with van der Waals surface area (Å²) < 4.78 is 13.0. The van der Waals surface area contributed by atoms with Crippen LogP contribution in [0, 0.1) is 11.7 Å². The number of hydrogen-bond donors (Lipinski definition) is 0. The molecule has 162 valence electrons. The number of amides is 1. The molecule has 1 amide bonds. The van der Waals surface area contributed by atoms with Crippen LogP contribution in [0.5, 0.6) is 0 Å². The van der Waals surface area contributed by atoms with Crippen LogP contribution in [0.1, 0.15) is 24.0 Å². The Balaban J connectivity index is 1.34. The normalized spacial score (nSPS) is 15.5. The van der Waals surface area contributed by atoms with Crippen molar-refractivity contribution in [2.45, 2.75) is 25.8 Å². The molecular weight excluding hydrogens is 379 g/mol. The highest BCUT2D eigenvalue weighted by atomic mass is 19.1. The molecule has 1 aromatic heterocycles. The number of halogens is 1. The SMILES string of the molecule is CN(CC(=O)N(C)CC1CCN(CCc2ccc(F)cc2)CC1)Cc1ccncc1. The van der Waals surface area contributed by atoms with E-state index in [2.05, 4.69) is 9.88 Å². The molecule has 1 fully saturated rings. The smallest absolute Gasteiger partial charge is 0.236 e. The predicted octanol–water partition coefficient (Wildman–Crippen LogP) is 3.07. The van der Waals surface area contributed by atoms with Gasteiger partial charge in [-0.3, -0.25) is 14.7 Å². The number of aromatic nitrogens is 1. The number of likely N-dealkylation sites (tertiary alicyclic amines) is 1. The number of carbonyl (C=O) groups is 1. The van der Waals surface area contributed by atoms with Gasteiger partial charge in [0.25, 0.3) is 0 Å². The molecule has 1 aromatic carbocycles. The van der Waals surface area contributed by atoms with E-state index in [9.17, 15) is 9.18 Å². The molecule has 1 aliphatic heterocycles. The first kappa shape index (κ1) is 22.4. The Labute approximate surface area is 179 Å². The van der Waals surface area contributed by atoms with Gasteiger partial charge in [0, 0.05) is 39.1 Å². The van der Waals surface area contributed by atoms with E-state index in [1.165, 1.54) is 17.7 Å². The summed E-state index contributed by atoms with van der Waals surface area (Å²) in [6.45, 7) is 5.14. The number of benzene rings is 1. The molecule has 1 saturated heterocycles. The first-order valence-corrected chi connectivity index (χ1v) is 10.8. The molecule has 0 saturated carbocycles. The van der Waals surface area contributed by atoms with E-state index in [0.29, 0.717) is 12.5 Å². The van der Waals surface area contributed by atoms with E-state index >= 15 is 0 Å². The van der Waals surface area contributed by atoms with Crippen molar-refractivity contribution in [3.63, 3.8) is 0 Å². The number of likely N-dealkylation sites (N-methyl/N-ethyl adjacent to an activating group) is 2. The third-order valence-corrected chi connectivity index (χ3v) is 5.90. The van der Waals surface area contributed by atoms with Crippen LogP contribution in [0.4, 0.5) is 4.39 Å². The zero-order valence-corrected chi connectivity index (χ0v) is 18.1. The molecule has 0 unspecified atom stereocenters. The minimum atomic E-state index is -0.179. The van der Waals surface area contributed by atoms with Crippen molar-refractivity contribution in [1.29, 1.82) is 0 Å². The molecule has 2 heterocycles. The molecule has 1 aliphatic rings. The summed E-state index contributed by atoms with van der Waals surface area (Å²) >= 11 is 0. The fraction of sp³-hybridized carbons (Fsp3) is 0.500. The summed E-state index contributed by atoms with van der Waals surface area (Å²) in [6, 6.07) is 10.8. The van der Waals surface area contributed by atoms with Crippen molar-refractivity contribution in [1.82, 2.24) is 19.7 Å². The number of nitrogens with zero attached hydrogens (tertiary/aromatic N) is 4. The summed E-state index contributed by atoms with van der Waals surface area (Å²) in [7, 11) is 3.90. The second-order valence-corrected chi connectivity index (χ2v) is 8.46. The first-order valence-electron chi connectivity index (χ1n) is 10.8. The van der Waals surface area contributed by atoms with Crippen LogP contribution in [0.25, 0.3) is 0 Å². The third kappa shape index (κ3) is 7.18. The molecule has 3 rings (SSSR count). The maximum Gasteiger partial charge on any atom is 0.236 e. The lowest BCUT2D eigenvalue weighted by Gasteiger charge is -2.34. The van der Waals surface area contributed by atoms with E-state index < -0.39 is 0 Å². The van der Waals surface area contributed by atoms with Crippen molar-refractivity contribution in [2.75, 3.05) is 46.8 Å². The summed E-state index contributed by atoms with van der Waals surface area (Å²) in [4.78, 5) is 23.0. The van der Waals surface area contributed by atoms with Crippen LogP contribution in [-0.4, -0.2) is 72.4 Å². The van der Waals surface area contributed by atoms with Gasteiger partial charge in [0.15, 0.2) is 0 Å². The molecule has 0 spiro atoms. The topological polar surface area (TPSA) is 39.7 Å². The van der Waals surface area contributed by atoms with Crippen molar-refractivity contribution >= 4 is 5.91 Å². The summed E-state index contributed by atoms with van der Waals surface area (Å²) in [5.41, 5.74) is 2.34. The second-order valence-electron chi connectivity index (χ2n) is 8.46. The van der Waals surface area contributed by atoms with Gasteiger partial charge in [-0.1, -0.05) is 12.1 Å². The predicted molar refractivity (Wildman–Crippen MR) is 117 cm³/mol. The number of rotatable bonds is 9. The highest BCUT2D eigenvalue weighted by Gasteiger charge is 2.22. The molecule has 2 aromatic rings. The second kappa shape index (κ2) is 11.2. The first-order chi connectivity index (χ1) is 14.5. The number of piperidine rings is 1. The zero-order valence-electron chi connectivity index (χ0n) is 18.1. The summed E-state index contributed by atoms with van der Waals surface area (Å²) in [6.07, 6.45) is 6.75. The molecule has 0 atom stereocenters. The Bertz CT molecular complexity index is 776. The number of hydrogen-bond acceptors (Lipinski definition) is 4. The van der Waals surface area contributed by atoms with Crippen LogP contribution < -0.4 is 0 Å². The molecule has 30 heavy (non-hydrogen) atoms. The average Bonchev–Trinajstić information content (AvgIpc) is 2.75. The lowest BCUT2D eigenvalue weighted by molar-refractivity contribution is -0.131. The van der Waals surface area contributed by atoms with Crippen LogP contribution in [0.15, 0.2) is 48.8 Å². The maximum absolute atomic E-state index is 13.0. The van der Waals surface area contributed by atoms with Crippen molar-refractivity contribution in [3.05, 3.63) is 65.7 Å².